The monoisotopic (exact) mass is 269 g/mol. The van der Waals surface area contributed by atoms with E-state index in [0.29, 0.717) is 25.1 Å². The van der Waals surface area contributed by atoms with Crippen LogP contribution >= 0.6 is 12.6 Å². The van der Waals surface area contributed by atoms with E-state index in [0.717, 1.165) is 17.1 Å². The Balaban J connectivity index is 2.57. The fourth-order valence-electron chi connectivity index (χ4n) is 1.60. The first-order valence-corrected chi connectivity index (χ1v) is 6.43. The Morgan fingerprint density at radius 1 is 1.33 bits per heavy atom. The zero-order valence-corrected chi connectivity index (χ0v) is 11.6. The van der Waals surface area contributed by atoms with Crippen molar-refractivity contribution in [2.24, 2.45) is 0 Å². The van der Waals surface area contributed by atoms with Gasteiger partial charge in [-0.2, -0.15) is 12.6 Å². The molecule has 0 saturated heterocycles. The van der Waals surface area contributed by atoms with Gasteiger partial charge in [-0.05, 0) is 35.9 Å². The van der Waals surface area contributed by atoms with Gasteiger partial charge in [0.25, 0.3) is 0 Å². The van der Waals surface area contributed by atoms with Crippen molar-refractivity contribution < 1.29 is 14.3 Å². The normalized spacial score (nSPS) is 9.94. The SMILES string of the molecule is COc1ccc(OC)c(CCNC(=O)CCS)c1. The number of carbonyl (C=O) groups is 1. The Morgan fingerprint density at radius 3 is 2.72 bits per heavy atom. The minimum atomic E-state index is 0.0202. The summed E-state index contributed by atoms with van der Waals surface area (Å²) in [6.45, 7) is 0.580. The molecule has 0 heterocycles. The van der Waals surface area contributed by atoms with Gasteiger partial charge < -0.3 is 14.8 Å². The van der Waals surface area contributed by atoms with Gasteiger partial charge in [0.1, 0.15) is 11.5 Å². The van der Waals surface area contributed by atoms with Gasteiger partial charge in [0, 0.05) is 13.0 Å². The van der Waals surface area contributed by atoms with Gasteiger partial charge >= 0.3 is 0 Å². The summed E-state index contributed by atoms with van der Waals surface area (Å²) in [5.74, 6) is 2.17. The van der Waals surface area contributed by atoms with E-state index in [-0.39, 0.29) is 5.91 Å². The third kappa shape index (κ3) is 4.49. The van der Waals surface area contributed by atoms with Crippen molar-refractivity contribution in [3.8, 4) is 11.5 Å². The second-order valence-electron chi connectivity index (χ2n) is 3.75. The number of nitrogens with one attached hydrogen (secondary N) is 1. The fraction of sp³-hybridized carbons (Fsp3) is 0.462. The molecule has 1 aromatic carbocycles. The summed E-state index contributed by atoms with van der Waals surface area (Å²) in [5.41, 5.74) is 1.02. The summed E-state index contributed by atoms with van der Waals surface area (Å²) >= 11 is 4.01. The Bertz CT molecular complexity index is 396. The highest BCUT2D eigenvalue weighted by molar-refractivity contribution is 7.80. The number of hydrogen-bond donors (Lipinski definition) is 2. The predicted octanol–water partition coefficient (Wildman–Crippen LogP) is 1.68. The average molecular weight is 269 g/mol. The fourth-order valence-corrected chi connectivity index (χ4v) is 1.81. The summed E-state index contributed by atoms with van der Waals surface area (Å²) in [5, 5.41) is 2.84. The van der Waals surface area contributed by atoms with Crippen molar-refractivity contribution >= 4 is 18.5 Å². The molecule has 18 heavy (non-hydrogen) atoms. The molecule has 1 amide bonds. The molecule has 1 N–H and O–H groups in total. The first-order chi connectivity index (χ1) is 8.71. The molecule has 100 valence electrons. The van der Waals surface area contributed by atoms with E-state index >= 15 is 0 Å². The van der Waals surface area contributed by atoms with Crippen molar-refractivity contribution in [1.82, 2.24) is 5.32 Å². The maximum absolute atomic E-state index is 11.3. The van der Waals surface area contributed by atoms with Crippen LogP contribution < -0.4 is 14.8 Å². The topological polar surface area (TPSA) is 47.6 Å². The third-order valence-electron chi connectivity index (χ3n) is 2.54. The van der Waals surface area contributed by atoms with Crippen molar-refractivity contribution in [1.29, 1.82) is 0 Å². The van der Waals surface area contributed by atoms with Crippen LogP contribution in [-0.2, 0) is 11.2 Å². The van der Waals surface area contributed by atoms with Gasteiger partial charge in [-0.1, -0.05) is 0 Å². The molecule has 4 nitrogen and oxygen atoms in total. The number of ether oxygens (including phenoxy) is 2. The number of carbonyl (C=O) groups excluding carboxylic acids is 1. The van der Waals surface area contributed by atoms with E-state index in [4.69, 9.17) is 9.47 Å². The van der Waals surface area contributed by atoms with E-state index in [9.17, 15) is 4.79 Å². The molecule has 1 rings (SSSR count). The van der Waals surface area contributed by atoms with Crippen LogP contribution in [0.15, 0.2) is 18.2 Å². The summed E-state index contributed by atoms with van der Waals surface area (Å²) in [7, 11) is 3.25. The van der Waals surface area contributed by atoms with E-state index in [1.165, 1.54) is 0 Å². The molecule has 5 heteroatoms. The summed E-state index contributed by atoms with van der Waals surface area (Å²) in [6.07, 6.45) is 1.15. The quantitative estimate of drug-likeness (QED) is 0.740. The number of thiol groups is 1. The zero-order chi connectivity index (χ0) is 13.4. The summed E-state index contributed by atoms with van der Waals surface area (Å²) < 4.78 is 10.4. The Labute approximate surface area is 113 Å². The molecule has 0 aliphatic rings. The van der Waals surface area contributed by atoms with Crippen molar-refractivity contribution in [2.75, 3.05) is 26.5 Å². The molecule has 0 radical (unpaired) electrons. The summed E-state index contributed by atoms with van der Waals surface area (Å²) in [4.78, 5) is 11.3. The van der Waals surface area contributed by atoms with Crippen LogP contribution in [0.4, 0.5) is 0 Å². The molecule has 0 fully saturated rings. The van der Waals surface area contributed by atoms with E-state index in [1.54, 1.807) is 14.2 Å². The van der Waals surface area contributed by atoms with E-state index in [2.05, 4.69) is 17.9 Å². The number of hydrogen-bond acceptors (Lipinski definition) is 4. The second kappa shape index (κ2) is 7.87. The second-order valence-corrected chi connectivity index (χ2v) is 4.20. The van der Waals surface area contributed by atoms with Crippen LogP contribution in [0, 0.1) is 0 Å². The molecule has 0 saturated carbocycles. The lowest BCUT2D eigenvalue weighted by atomic mass is 10.1. The minimum Gasteiger partial charge on any atom is -0.497 e. The standard InChI is InChI=1S/C13H19NO3S/c1-16-11-3-4-12(17-2)10(9-11)5-7-14-13(15)6-8-18/h3-4,9,18H,5-8H2,1-2H3,(H,14,15). The van der Waals surface area contributed by atoms with Gasteiger partial charge in [0.15, 0.2) is 0 Å². The van der Waals surface area contributed by atoms with Crippen LogP contribution in [0.5, 0.6) is 11.5 Å². The Hall–Kier alpha value is -1.36. The summed E-state index contributed by atoms with van der Waals surface area (Å²) in [6, 6.07) is 5.63. The minimum absolute atomic E-state index is 0.0202. The maximum atomic E-state index is 11.3. The number of rotatable bonds is 7. The van der Waals surface area contributed by atoms with Crippen LogP contribution in [-0.4, -0.2) is 32.4 Å². The van der Waals surface area contributed by atoms with Gasteiger partial charge in [0.2, 0.25) is 5.91 Å². The van der Waals surface area contributed by atoms with Crippen LogP contribution in [0.25, 0.3) is 0 Å². The van der Waals surface area contributed by atoms with E-state index in [1.807, 2.05) is 18.2 Å². The smallest absolute Gasteiger partial charge is 0.220 e. The van der Waals surface area contributed by atoms with E-state index < -0.39 is 0 Å². The predicted molar refractivity (Wildman–Crippen MR) is 74.7 cm³/mol. The first-order valence-electron chi connectivity index (χ1n) is 5.79. The van der Waals surface area contributed by atoms with Crippen molar-refractivity contribution in [2.45, 2.75) is 12.8 Å². The van der Waals surface area contributed by atoms with Gasteiger partial charge in [-0.3, -0.25) is 4.79 Å². The number of benzene rings is 1. The number of amides is 1. The lowest BCUT2D eigenvalue weighted by Crippen LogP contribution is -2.25. The molecule has 0 aliphatic heterocycles. The maximum Gasteiger partial charge on any atom is 0.220 e. The Kier molecular flexibility index (Phi) is 6.43. The van der Waals surface area contributed by atoms with Crippen LogP contribution in [0.2, 0.25) is 0 Å². The molecule has 0 spiro atoms. The molecule has 0 unspecified atom stereocenters. The molecule has 1 aromatic rings. The van der Waals surface area contributed by atoms with Crippen LogP contribution in [0.1, 0.15) is 12.0 Å². The molecule has 0 atom stereocenters. The van der Waals surface area contributed by atoms with Crippen LogP contribution in [0.3, 0.4) is 0 Å². The first kappa shape index (κ1) is 14.7. The molecule has 0 aliphatic carbocycles. The van der Waals surface area contributed by atoms with Gasteiger partial charge in [-0.25, -0.2) is 0 Å². The molecule has 0 bridgehead atoms. The largest absolute Gasteiger partial charge is 0.497 e. The lowest BCUT2D eigenvalue weighted by molar-refractivity contribution is -0.120. The third-order valence-corrected chi connectivity index (χ3v) is 2.77. The molecule has 0 aromatic heterocycles. The highest BCUT2D eigenvalue weighted by Crippen LogP contribution is 2.24. The molecular formula is C13H19NO3S. The van der Waals surface area contributed by atoms with Gasteiger partial charge in [-0.15, -0.1) is 0 Å². The Morgan fingerprint density at radius 2 is 2.11 bits per heavy atom. The lowest BCUT2D eigenvalue weighted by Gasteiger charge is -2.11. The highest BCUT2D eigenvalue weighted by atomic mass is 32.1. The van der Waals surface area contributed by atoms with Crippen molar-refractivity contribution in [3.05, 3.63) is 23.8 Å². The van der Waals surface area contributed by atoms with Crippen molar-refractivity contribution in [3.63, 3.8) is 0 Å². The zero-order valence-electron chi connectivity index (χ0n) is 10.7. The molecular weight excluding hydrogens is 250 g/mol. The highest BCUT2D eigenvalue weighted by Gasteiger charge is 2.06. The number of methoxy groups -OCH3 is 2. The average Bonchev–Trinajstić information content (AvgIpc) is 2.39. The van der Waals surface area contributed by atoms with Gasteiger partial charge in [0.05, 0.1) is 14.2 Å².